The van der Waals surface area contributed by atoms with Crippen molar-refractivity contribution in [1.82, 2.24) is 0 Å². The second-order valence-corrected chi connectivity index (χ2v) is 9.40. The lowest BCUT2D eigenvalue weighted by atomic mass is 9.56. The highest BCUT2D eigenvalue weighted by Crippen LogP contribution is 2.68. The molecule has 0 nitrogen and oxygen atoms in total. The molecular formula is C24H36. The van der Waals surface area contributed by atoms with Crippen molar-refractivity contribution >= 4 is 0 Å². The van der Waals surface area contributed by atoms with E-state index in [4.69, 9.17) is 0 Å². The van der Waals surface area contributed by atoms with E-state index < -0.39 is 0 Å². The minimum absolute atomic E-state index is 0.678. The fourth-order valence-electron chi connectivity index (χ4n) is 7.43. The van der Waals surface area contributed by atoms with Crippen LogP contribution in [0.2, 0.25) is 0 Å². The predicted octanol–water partition coefficient (Wildman–Crippen LogP) is 7.13. The summed E-state index contributed by atoms with van der Waals surface area (Å²) < 4.78 is 0. The lowest BCUT2D eigenvalue weighted by molar-refractivity contribution is 0.0597. The molecule has 4 aliphatic rings. The quantitative estimate of drug-likeness (QED) is 0.476. The molecule has 0 N–H and O–H groups in total. The Hall–Kier alpha value is -0.780. The summed E-state index contributed by atoms with van der Waals surface area (Å²) in [5.74, 6) is 2.91. The molecule has 24 heavy (non-hydrogen) atoms. The van der Waals surface area contributed by atoms with Crippen molar-refractivity contribution in [3.8, 4) is 0 Å². The van der Waals surface area contributed by atoms with E-state index in [1.165, 1.54) is 38.5 Å². The van der Waals surface area contributed by atoms with E-state index in [1.54, 1.807) is 36.8 Å². The molecule has 3 fully saturated rings. The molecule has 1 aromatic rings. The second-order valence-electron chi connectivity index (χ2n) is 9.40. The van der Waals surface area contributed by atoms with Crippen LogP contribution in [0.25, 0.3) is 0 Å². The van der Waals surface area contributed by atoms with Gasteiger partial charge in [0.15, 0.2) is 0 Å². The minimum atomic E-state index is 0.678. The highest BCUT2D eigenvalue weighted by atomic mass is 14.6. The molecule has 0 aliphatic heterocycles. The summed E-state index contributed by atoms with van der Waals surface area (Å²) >= 11 is 0. The largest absolute Gasteiger partial charge is 0.0683 e. The summed E-state index contributed by atoms with van der Waals surface area (Å²) in [4.78, 5) is 0. The monoisotopic (exact) mass is 324 g/mol. The van der Waals surface area contributed by atoms with Gasteiger partial charge in [-0.05, 0) is 91.1 Å². The number of aryl methyl sites for hydroxylation is 1. The van der Waals surface area contributed by atoms with Crippen molar-refractivity contribution in [2.45, 2.75) is 90.9 Å². The van der Waals surface area contributed by atoms with Gasteiger partial charge in [-0.25, -0.2) is 0 Å². The van der Waals surface area contributed by atoms with Gasteiger partial charge in [0.05, 0.1) is 0 Å². The molecule has 5 rings (SSSR count). The third-order valence-corrected chi connectivity index (χ3v) is 8.25. The van der Waals surface area contributed by atoms with Crippen LogP contribution in [0.3, 0.4) is 0 Å². The first-order valence-electron chi connectivity index (χ1n) is 10.8. The van der Waals surface area contributed by atoms with Crippen molar-refractivity contribution in [2.24, 2.45) is 22.7 Å². The molecule has 4 aliphatic carbocycles. The molecule has 4 atom stereocenters. The Morgan fingerprint density at radius 3 is 2.50 bits per heavy atom. The van der Waals surface area contributed by atoms with Crippen molar-refractivity contribution in [3.05, 3.63) is 35.4 Å². The molecule has 0 saturated heterocycles. The standard InChI is InChI=1S/C22H30.C2H6/c1-21-13-10-18-17-7-3-2-6-16(17)8-9-19(18)20(21)14-22(15-21)11-4-5-12-22;1-2/h2-3,6-7,18-20H,4-5,8-15H2,1H3;1-2H3. The van der Waals surface area contributed by atoms with Crippen LogP contribution in [-0.4, -0.2) is 0 Å². The molecule has 1 aromatic carbocycles. The molecule has 0 aromatic heterocycles. The fourth-order valence-corrected chi connectivity index (χ4v) is 7.43. The normalized spacial score (nSPS) is 38.7. The number of benzene rings is 1. The molecular weight excluding hydrogens is 288 g/mol. The summed E-state index contributed by atoms with van der Waals surface area (Å²) in [6.07, 6.45) is 15.0. The molecule has 3 saturated carbocycles. The van der Waals surface area contributed by atoms with Crippen LogP contribution in [-0.2, 0) is 6.42 Å². The van der Waals surface area contributed by atoms with E-state index in [0.29, 0.717) is 5.41 Å². The Balaban J connectivity index is 0.000000704. The van der Waals surface area contributed by atoms with Crippen LogP contribution in [0.1, 0.15) is 95.6 Å². The van der Waals surface area contributed by atoms with Crippen LogP contribution in [0.4, 0.5) is 0 Å². The third kappa shape index (κ3) is 2.47. The van der Waals surface area contributed by atoms with Crippen LogP contribution in [0.5, 0.6) is 0 Å². The SMILES string of the molecule is CC.CC12CCC3c4ccccc4CCC3C1CC1(CCCC1)C2. The van der Waals surface area contributed by atoms with Gasteiger partial charge in [-0.1, -0.05) is 57.9 Å². The van der Waals surface area contributed by atoms with Crippen LogP contribution in [0.15, 0.2) is 24.3 Å². The second kappa shape index (κ2) is 6.19. The van der Waals surface area contributed by atoms with Gasteiger partial charge >= 0.3 is 0 Å². The van der Waals surface area contributed by atoms with Gasteiger partial charge in [-0.3, -0.25) is 0 Å². The molecule has 0 amide bonds. The Morgan fingerprint density at radius 1 is 0.958 bits per heavy atom. The van der Waals surface area contributed by atoms with Crippen LogP contribution < -0.4 is 0 Å². The smallest absolute Gasteiger partial charge is 0.0128 e. The maximum Gasteiger partial charge on any atom is -0.0128 e. The Kier molecular flexibility index (Phi) is 4.30. The Labute approximate surface area is 149 Å². The van der Waals surface area contributed by atoms with Gasteiger partial charge in [0, 0.05) is 0 Å². The van der Waals surface area contributed by atoms with Crippen molar-refractivity contribution < 1.29 is 0 Å². The average Bonchev–Trinajstić information content (AvgIpc) is 3.19. The molecule has 1 spiro atoms. The van der Waals surface area contributed by atoms with E-state index in [2.05, 4.69) is 31.2 Å². The molecule has 0 heterocycles. The highest BCUT2D eigenvalue weighted by Gasteiger charge is 2.58. The number of hydrogen-bond acceptors (Lipinski definition) is 0. The van der Waals surface area contributed by atoms with Gasteiger partial charge < -0.3 is 0 Å². The van der Waals surface area contributed by atoms with Gasteiger partial charge in [0.25, 0.3) is 0 Å². The van der Waals surface area contributed by atoms with E-state index in [-0.39, 0.29) is 0 Å². The number of fused-ring (bicyclic) bond motifs is 5. The maximum absolute atomic E-state index is 2.67. The van der Waals surface area contributed by atoms with Crippen LogP contribution >= 0.6 is 0 Å². The lowest BCUT2D eigenvalue weighted by Crippen LogP contribution is -2.39. The Morgan fingerprint density at radius 2 is 1.71 bits per heavy atom. The molecule has 0 bridgehead atoms. The van der Waals surface area contributed by atoms with E-state index in [1.807, 2.05) is 13.8 Å². The van der Waals surface area contributed by atoms with E-state index in [0.717, 1.165) is 23.2 Å². The predicted molar refractivity (Wildman–Crippen MR) is 103 cm³/mol. The van der Waals surface area contributed by atoms with Gasteiger partial charge in [-0.2, -0.15) is 0 Å². The summed E-state index contributed by atoms with van der Waals surface area (Å²) in [7, 11) is 0. The zero-order chi connectivity index (χ0) is 16.8. The topological polar surface area (TPSA) is 0 Å². The molecule has 0 heteroatoms. The van der Waals surface area contributed by atoms with Gasteiger partial charge in [0.1, 0.15) is 0 Å². The molecule has 4 unspecified atom stereocenters. The summed E-state index contributed by atoms with van der Waals surface area (Å²) in [6.45, 7) is 6.67. The number of hydrogen-bond donors (Lipinski definition) is 0. The molecule has 0 radical (unpaired) electrons. The van der Waals surface area contributed by atoms with Crippen molar-refractivity contribution in [1.29, 1.82) is 0 Å². The molecule has 132 valence electrons. The van der Waals surface area contributed by atoms with E-state index in [9.17, 15) is 0 Å². The van der Waals surface area contributed by atoms with Gasteiger partial charge in [0.2, 0.25) is 0 Å². The highest BCUT2D eigenvalue weighted by molar-refractivity contribution is 5.35. The summed E-state index contributed by atoms with van der Waals surface area (Å²) in [6, 6.07) is 9.37. The van der Waals surface area contributed by atoms with Crippen molar-refractivity contribution in [2.75, 3.05) is 0 Å². The first-order chi connectivity index (χ1) is 11.7. The van der Waals surface area contributed by atoms with E-state index >= 15 is 0 Å². The first kappa shape index (κ1) is 16.7. The van der Waals surface area contributed by atoms with Crippen LogP contribution in [0, 0.1) is 22.7 Å². The number of rotatable bonds is 0. The lowest BCUT2D eigenvalue weighted by Gasteiger charge is -2.49. The zero-order valence-electron chi connectivity index (χ0n) is 16.1. The zero-order valence-corrected chi connectivity index (χ0v) is 16.1. The average molecular weight is 325 g/mol. The first-order valence-corrected chi connectivity index (χ1v) is 10.8. The van der Waals surface area contributed by atoms with Gasteiger partial charge in [-0.15, -0.1) is 0 Å². The summed E-state index contributed by atoms with van der Waals surface area (Å²) in [5, 5.41) is 0. The van der Waals surface area contributed by atoms with Crippen molar-refractivity contribution in [3.63, 3.8) is 0 Å². The fraction of sp³-hybridized carbons (Fsp3) is 0.750. The Bertz CT molecular complexity index is 579. The minimum Gasteiger partial charge on any atom is -0.0683 e. The maximum atomic E-state index is 2.67. The third-order valence-electron chi connectivity index (χ3n) is 8.25. The summed E-state index contributed by atoms with van der Waals surface area (Å²) in [5.41, 5.74) is 4.84.